The van der Waals surface area contributed by atoms with Crippen LogP contribution in [-0.4, -0.2) is 11.4 Å². The zero-order chi connectivity index (χ0) is 11.4. The van der Waals surface area contributed by atoms with Gasteiger partial charge in [-0.25, -0.2) is 0 Å². The fraction of sp³-hybridized carbons (Fsp3) is 0.143. The SMILES string of the molecule is Cn1c2ccccc2c2cc3c(cc21)OCO3. The van der Waals surface area contributed by atoms with Gasteiger partial charge in [0.05, 0.1) is 5.52 Å². The first kappa shape index (κ1) is 8.93. The lowest BCUT2D eigenvalue weighted by Crippen LogP contribution is -1.93. The highest BCUT2D eigenvalue weighted by molar-refractivity contribution is 6.09. The van der Waals surface area contributed by atoms with Crippen LogP contribution in [0.3, 0.4) is 0 Å². The molecule has 0 amide bonds. The average Bonchev–Trinajstić information content (AvgIpc) is 2.92. The van der Waals surface area contributed by atoms with Crippen molar-refractivity contribution in [1.29, 1.82) is 0 Å². The maximum Gasteiger partial charge on any atom is 0.231 e. The van der Waals surface area contributed by atoms with E-state index in [1.165, 1.54) is 21.8 Å². The van der Waals surface area contributed by atoms with Gasteiger partial charge in [-0.2, -0.15) is 0 Å². The topological polar surface area (TPSA) is 23.4 Å². The van der Waals surface area contributed by atoms with Gasteiger partial charge in [0.1, 0.15) is 0 Å². The van der Waals surface area contributed by atoms with E-state index < -0.39 is 0 Å². The molecule has 0 fully saturated rings. The van der Waals surface area contributed by atoms with Crippen molar-refractivity contribution < 1.29 is 9.47 Å². The molecule has 1 aliphatic rings. The van der Waals surface area contributed by atoms with Gasteiger partial charge in [0, 0.05) is 29.4 Å². The number of aromatic nitrogens is 1. The van der Waals surface area contributed by atoms with Crippen molar-refractivity contribution >= 4 is 21.8 Å². The van der Waals surface area contributed by atoms with Crippen LogP contribution in [0.25, 0.3) is 21.8 Å². The van der Waals surface area contributed by atoms with Crippen LogP contribution >= 0.6 is 0 Å². The third kappa shape index (κ3) is 1.06. The minimum Gasteiger partial charge on any atom is -0.454 e. The van der Waals surface area contributed by atoms with Crippen molar-refractivity contribution in [2.45, 2.75) is 0 Å². The summed E-state index contributed by atoms with van der Waals surface area (Å²) < 4.78 is 13.0. The van der Waals surface area contributed by atoms with E-state index in [0.29, 0.717) is 6.79 Å². The molecule has 3 heteroatoms. The first-order valence-corrected chi connectivity index (χ1v) is 5.61. The van der Waals surface area contributed by atoms with Crippen molar-refractivity contribution in [2.24, 2.45) is 7.05 Å². The quantitative estimate of drug-likeness (QED) is 0.587. The third-order valence-electron chi connectivity index (χ3n) is 3.41. The predicted molar refractivity (Wildman–Crippen MR) is 66.5 cm³/mol. The lowest BCUT2D eigenvalue weighted by molar-refractivity contribution is 0.174. The summed E-state index contributed by atoms with van der Waals surface area (Å²) in [4.78, 5) is 0. The molecule has 3 nitrogen and oxygen atoms in total. The first-order chi connectivity index (χ1) is 8.34. The van der Waals surface area contributed by atoms with Crippen LogP contribution in [0.2, 0.25) is 0 Å². The fourth-order valence-corrected chi connectivity index (χ4v) is 2.55. The van der Waals surface area contributed by atoms with E-state index in [4.69, 9.17) is 9.47 Å². The molecule has 0 radical (unpaired) electrons. The predicted octanol–water partition coefficient (Wildman–Crippen LogP) is 3.06. The molecular formula is C14H11NO2. The molecular weight excluding hydrogens is 214 g/mol. The van der Waals surface area contributed by atoms with Crippen LogP contribution in [0, 0.1) is 0 Å². The number of nitrogens with zero attached hydrogens (tertiary/aromatic N) is 1. The van der Waals surface area contributed by atoms with E-state index >= 15 is 0 Å². The van der Waals surface area contributed by atoms with Crippen LogP contribution in [0.15, 0.2) is 36.4 Å². The second-order valence-corrected chi connectivity index (χ2v) is 4.30. The number of rotatable bonds is 0. The minimum absolute atomic E-state index is 0.323. The molecule has 0 unspecified atom stereocenters. The highest BCUT2D eigenvalue weighted by atomic mass is 16.7. The Labute approximate surface area is 98.2 Å². The minimum atomic E-state index is 0.323. The molecule has 17 heavy (non-hydrogen) atoms. The lowest BCUT2D eigenvalue weighted by atomic mass is 10.1. The number of fused-ring (bicyclic) bond motifs is 4. The lowest BCUT2D eigenvalue weighted by Gasteiger charge is -1.99. The van der Waals surface area contributed by atoms with Crippen molar-refractivity contribution in [3.63, 3.8) is 0 Å². The van der Waals surface area contributed by atoms with Gasteiger partial charge in [-0.05, 0) is 12.1 Å². The van der Waals surface area contributed by atoms with Crippen LogP contribution in [0.1, 0.15) is 0 Å². The molecule has 0 spiro atoms. The van der Waals surface area contributed by atoms with Gasteiger partial charge >= 0.3 is 0 Å². The molecule has 3 aromatic rings. The summed E-state index contributed by atoms with van der Waals surface area (Å²) in [5.74, 6) is 1.68. The van der Waals surface area contributed by atoms with Crippen LogP contribution in [0.5, 0.6) is 11.5 Å². The molecule has 0 atom stereocenters. The molecule has 0 N–H and O–H groups in total. The van der Waals surface area contributed by atoms with Crippen LogP contribution in [-0.2, 0) is 7.05 Å². The van der Waals surface area contributed by atoms with Crippen molar-refractivity contribution in [2.75, 3.05) is 6.79 Å². The Morgan fingerprint density at radius 2 is 1.71 bits per heavy atom. The highest BCUT2D eigenvalue weighted by Gasteiger charge is 2.17. The molecule has 0 saturated carbocycles. The number of benzene rings is 2. The second-order valence-electron chi connectivity index (χ2n) is 4.30. The third-order valence-corrected chi connectivity index (χ3v) is 3.41. The zero-order valence-electron chi connectivity index (χ0n) is 9.43. The Hall–Kier alpha value is -2.16. The van der Waals surface area contributed by atoms with Gasteiger partial charge in [0.15, 0.2) is 11.5 Å². The van der Waals surface area contributed by atoms with Gasteiger partial charge < -0.3 is 14.0 Å². The summed E-state index contributed by atoms with van der Waals surface area (Å²) >= 11 is 0. The first-order valence-electron chi connectivity index (χ1n) is 5.61. The summed E-state index contributed by atoms with van der Waals surface area (Å²) in [5, 5.41) is 2.47. The van der Waals surface area contributed by atoms with Gasteiger partial charge in [-0.15, -0.1) is 0 Å². The van der Waals surface area contributed by atoms with Crippen molar-refractivity contribution in [3.05, 3.63) is 36.4 Å². The normalized spacial score (nSPS) is 13.7. The standard InChI is InChI=1S/C14H11NO2/c1-15-11-5-3-2-4-9(11)10-6-13-14(7-12(10)15)17-8-16-13/h2-7H,8H2,1H3. The highest BCUT2D eigenvalue weighted by Crippen LogP contribution is 2.39. The number of hydrogen-bond donors (Lipinski definition) is 0. The van der Waals surface area contributed by atoms with E-state index in [-0.39, 0.29) is 0 Å². The molecule has 2 aromatic carbocycles. The second kappa shape index (κ2) is 2.94. The zero-order valence-corrected chi connectivity index (χ0v) is 9.43. The monoisotopic (exact) mass is 225 g/mol. The van der Waals surface area contributed by atoms with Crippen LogP contribution < -0.4 is 9.47 Å². The number of para-hydroxylation sites is 1. The van der Waals surface area contributed by atoms with Crippen LogP contribution in [0.4, 0.5) is 0 Å². The van der Waals surface area contributed by atoms with E-state index in [1.807, 2.05) is 0 Å². The van der Waals surface area contributed by atoms with Gasteiger partial charge in [0.25, 0.3) is 0 Å². The Kier molecular flexibility index (Phi) is 1.55. The Balaban J connectivity index is 2.24. The average molecular weight is 225 g/mol. The molecule has 1 aliphatic heterocycles. The summed E-state index contributed by atoms with van der Waals surface area (Å²) in [6.45, 7) is 0.323. The smallest absolute Gasteiger partial charge is 0.231 e. The summed E-state index contributed by atoms with van der Waals surface area (Å²) in [5.41, 5.74) is 2.40. The number of hydrogen-bond acceptors (Lipinski definition) is 2. The summed E-state index contributed by atoms with van der Waals surface area (Å²) in [7, 11) is 2.08. The molecule has 0 bridgehead atoms. The Bertz CT molecular complexity index is 743. The van der Waals surface area contributed by atoms with Gasteiger partial charge in [-0.3, -0.25) is 0 Å². The van der Waals surface area contributed by atoms with E-state index in [1.54, 1.807) is 0 Å². The molecule has 0 saturated heterocycles. The maximum atomic E-state index is 5.43. The fourth-order valence-electron chi connectivity index (χ4n) is 2.55. The molecule has 0 aliphatic carbocycles. The van der Waals surface area contributed by atoms with Gasteiger partial charge in [-0.1, -0.05) is 18.2 Å². The van der Waals surface area contributed by atoms with E-state index in [0.717, 1.165) is 11.5 Å². The molecule has 4 rings (SSSR count). The van der Waals surface area contributed by atoms with Gasteiger partial charge in [0.2, 0.25) is 6.79 Å². The summed E-state index contributed by atoms with van der Waals surface area (Å²) in [6.07, 6.45) is 0. The molecule has 1 aromatic heterocycles. The Morgan fingerprint density at radius 3 is 2.59 bits per heavy atom. The molecule has 84 valence electrons. The van der Waals surface area contributed by atoms with Crippen molar-refractivity contribution in [1.82, 2.24) is 4.57 Å². The van der Waals surface area contributed by atoms with E-state index in [9.17, 15) is 0 Å². The summed E-state index contributed by atoms with van der Waals surface area (Å²) in [6, 6.07) is 12.5. The molecule has 2 heterocycles. The Morgan fingerprint density at radius 1 is 0.941 bits per heavy atom. The largest absolute Gasteiger partial charge is 0.454 e. The number of ether oxygens (including phenoxy) is 2. The van der Waals surface area contributed by atoms with Crippen molar-refractivity contribution in [3.8, 4) is 11.5 Å². The maximum absolute atomic E-state index is 5.43. The number of aryl methyl sites for hydroxylation is 1. The van der Waals surface area contributed by atoms with E-state index in [2.05, 4.69) is 48.0 Å².